The summed E-state index contributed by atoms with van der Waals surface area (Å²) in [6.45, 7) is 5.77. The lowest BCUT2D eigenvalue weighted by Crippen LogP contribution is -2.07. The van der Waals surface area contributed by atoms with Gasteiger partial charge in [-0.25, -0.2) is 0 Å². The van der Waals surface area contributed by atoms with Crippen molar-refractivity contribution in [1.29, 1.82) is 0 Å². The largest absolute Gasteiger partial charge is 0.427 e. The third-order valence-electron chi connectivity index (χ3n) is 2.09. The molecule has 0 amide bonds. The first-order valence-electron chi connectivity index (χ1n) is 5.16. The maximum atomic E-state index is 11.3. The summed E-state index contributed by atoms with van der Waals surface area (Å²) in [5.74, 6) is 0.789. The van der Waals surface area contributed by atoms with Gasteiger partial charge in [0.05, 0.1) is 0 Å². The molecule has 0 atom stereocenters. The molecule has 0 aromatic heterocycles. The van der Waals surface area contributed by atoms with Gasteiger partial charge in [0.2, 0.25) is 0 Å². The fourth-order valence-electron chi connectivity index (χ4n) is 1.20. The number of alkyl halides is 1. The van der Waals surface area contributed by atoms with Gasteiger partial charge in [0.15, 0.2) is 0 Å². The summed E-state index contributed by atoms with van der Waals surface area (Å²) < 4.78 is 5.12. The molecule has 0 spiro atoms. The van der Waals surface area contributed by atoms with Crippen molar-refractivity contribution in [2.75, 3.05) is 5.88 Å². The van der Waals surface area contributed by atoms with Gasteiger partial charge >= 0.3 is 5.97 Å². The Bertz CT molecular complexity index is 368. The number of halogens is 1. The van der Waals surface area contributed by atoms with Gasteiger partial charge in [-0.1, -0.05) is 24.3 Å². The van der Waals surface area contributed by atoms with Crippen LogP contribution >= 0.6 is 11.6 Å². The number of benzene rings is 1. The van der Waals surface area contributed by atoms with Crippen LogP contribution in [0.1, 0.15) is 25.3 Å². The average molecular weight is 239 g/mol. The molecule has 0 radical (unpaired) electrons. The minimum atomic E-state index is -0.247. The van der Waals surface area contributed by atoms with Gasteiger partial charge in [0, 0.05) is 12.3 Å². The van der Waals surface area contributed by atoms with Crippen molar-refractivity contribution >= 4 is 23.1 Å². The lowest BCUT2D eigenvalue weighted by atomic mass is 10.1. The Balaban J connectivity index is 2.55. The lowest BCUT2D eigenvalue weighted by molar-refractivity contribution is -0.134. The van der Waals surface area contributed by atoms with Crippen molar-refractivity contribution in [3.8, 4) is 5.75 Å². The zero-order valence-corrected chi connectivity index (χ0v) is 10.1. The number of carbonyl (C=O) groups is 1. The second-order valence-corrected chi connectivity index (χ2v) is 3.95. The Kier molecular flexibility index (Phi) is 5.06. The Morgan fingerprint density at radius 3 is 2.50 bits per heavy atom. The van der Waals surface area contributed by atoms with E-state index in [1.165, 1.54) is 0 Å². The van der Waals surface area contributed by atoms with Crippen LogP contribution in [-0.4, -0.2) is 11.8 Å². The SMILES string of the molecule is C=C(C)c1ccc(OC(=O)CCCCl)cc1. The molecule has 0 bridgehead atoms. The molecule has 86 valence electrons. The lowest BCUT2D eigenvalue weighted by Gasteiger charge is -2.05. The normalized spacial score (nSPS) is 9.88. The first-order chi connectivity index (χ1) is 7.63. The summed E-state index contributed by atoms with van der Waals surface area (Å²) >= 11 is 5.49. The summed E-state index contributed by atoms with van der Waals surface area (Å²) in [6, 6.07) is 7.30. The Hall–Kier alpha value is -1.28. The number of hydrogen-bond acceptors (Lipinski definition) is 2. The summed E-state index contributed by atoms with van der Waals surface area (Å²) in [7, 11) is 0. The molecule has 0 aliphatic rings. The van der Waals surface area contributed by atoms with Crippen molar-refractivity contribution in [2.45, 2.75) is 19.8 Å². The number of carbonyl (C=O) groups excluding carboxylic acids is 1. The molecular weight excluding hydrogens is 224 g/mol. The van der Waals surface area contributed by atoms with Crippen LogP contribution in [-0.2, 0) is 4.79 Å². The van der Waals surface area contributed by atoms with E-state index in [-0.39, 0.29) is 5.97 Å². The first-order valence-corrected chi connectivity index (χ1v) is 5.69. The average Bonchev–Trinajstić information content (AvgIpc) is 2.27. The molecule has 2 nitrogen and oxygen atoms in total. The zero-order chi connectivity index (χ0) is 12.0. The molecular formula is C13H15ClO2. The Morgan fingerprint density at radius 2 is 2.00 bits per heavy atom. The van der Waals surface area contributed by atoms with E-state index in [0.29, 0.717) is 24.5 Å². The smallest absolute Gasteiger partial charge is 0.311 e. The van der Waals surface area contributed by atoms with Crippen LogP contribution in [0, 0.1) is 0 Å². The van der Waals surface area contributed by atoms with Gasteiger partial charge in [0.25, 0.3) is 0 Å². The molecule has 0 saturated carbocycles. The van der Waals surface area contributed by atoms with Crippen molar-refractivity contribution < 1.29 is 9.53 Å². The summed E-state index contributed by atoms with van der Waals surface area (Å²) in [6.07, 6.45) is 0.996. The van der Waals surface area contributed by atoms with Gasteiger partial charge in [-0.2, -0.15) is 0 Å². The van der Waals surface area contributed by atoms with Crippen molar-refractivity contribution in [1.82, 2.24) is 0 Å². The summed E-state index contributed by atoms with van der Waals surface area (Å²) in [5.41, 5.74) is 2.03. The third kappa shape index (κ3) is 4.07. The molecule has 1 aromatic rings. The van der Waals surface area contributed by atoms with Crippen LogP contribution < -0.4 is 4.74 Å². The molecule has 0 fully saturated rings. The number of ether oxygens (including phenoxy) is 1. The maximum Gasteiger partial charge on any atom is 0.311 e. The predicted octanol–water partition coefficient (Wildman–Crippen LogP) is 3.64. The van der Waals surface area contributed by atoms with Crippen LogP contribution in [0.2, 0.25) is 0 Å². The molecule has 0 unspecified atom stereocenters. The van der Waals surface area contributed by atoms with Crippen LogP contribution in [0.25, 0.3) is 5.57 Å². The van der Waals surface area contributed by atoms with E-state index in [4.69, 9.17) is 16.3 Å². The highest BCUT2D eigenvalue weighted by Gasteiger charge is 2.04. The Labute approximate surface area is 101 Å². The van der Waals surface area contributed by atoms with Crippen LogP contribution in [0.15, 0.2) is 30.8 Å². The number of rotatable bonds is 5. The second kappa shape index (κ2) is 6.33. The van der Waals surface area contributed by atoms with E-state index in [1.54, 1.807) is 12.1 Å². The highest BCUT2D eigenvalue weighted by Crippen LogP contribution is 2.17. The molecule has 1 rings (SSSR count). The van der Waals surface area contributed by atoms with E-state index < -0.39 is 0 Å². The zero-order valence-electron chi connectivity index (χ0n) is 9.33. The molecule has 0 N–H and O–H groups in total. The van der Waals surface area contributed by atoms with Gasteiger partial charge in [-0.05, 0) is 31.0 Å². The van der Waals surface area contributed by atoms with E-state index in [0.717, 1.165) is 11.1 Å². The van der Waals surface area contributed by atoms with E-state index in [9.17, 15) is 4.79 Å². The van der Waals surface area contributed by atoms with Crippen molar-refractivity contribution in [3.05, 3.63) is 36.4 Å². The predicted molar refractivity (Wildman–Crippen MR) is 66.7 cm³/mol. The van der Waals surface area contributed by atoms with E-state index >= 15 is 0 Å². The highest BCUT2D eigenvalue weighted by atomic mass is 35.5. The molecule has 16 heavy (non-hydrogen) atoms. The van der Waals surface area contributed by atoms with Crippen LogP contribution in [0.4, 0.5) is 0 Å². The Morgan fingerprint density at radius 1 is 1.38 bits per heavy atom. The quantitative estimate of drug-likeness (QED) is 0.445. The topological polar surface area (TPSA) is 26.3 Å². The molecule has 3 heteroatoms. The van der Waals surface area contributed by atoms with Gasteiger partial charge in [-0.15, -0.1) is 11.6 Å². The number of hydrogen-bond donors (Lipinski definition) is 0. The van der Waals surface area contributed by atoms with Gasteiger partial charge in [-0.3, -0.25) is 4.79 Å². The minimum Gasteiger partial charge on any atom is -0.427 e. The van der Waals surface area contributed by atoms with Crippen LogP contribution in [0.3, 0.4) is 0 Å². The second-order valence-electron chi connectivity index (χ2n) is 3.57. The maximum absolute atomic E-state index is 11.3. The fraction of sp³-hybridized carbons (Fsp3) is 0.308. The highest BCUT2D eigenvalue weighted by molar-refractivity contribution is 6.17. The molecule has 0 heterocycles. The van der Waals surface area contributed by atoms with Crippen molar-refractivity contribution in [3.63, 3.8) is 0 Å². The molecule has 0 saturated heterocycles. The van der Waals surface area contributed by atoms with Gasteiger partial charge in [0.1, 0.15) is 5.75 Å². The molecule has 0 aliphatic carbocycles. The van der Waals surface area contributed by atoms with Crippen LogP contribution in [0.5, 0.6) is 5.75 Å². The molecule has 0 aliphatic heterocycles. The minimum absolute atomic E-state index is 0.247. The number of esters is 1. The standard InChI is InChI=1S/C13H15ClO2/c1-10(2)11-5-7-12(8-6-11)16-13(15)4-3-9-14/h5-8H,1,3-4,9H2,2H3. The van der Waals surface area contributed by atoms with Crippen molar-refractivity contribution in [2.24, 2.45) is 0 Å². The van der Waals surface area contributed by atoms with E-state index in [2.05, 4.69) is 6.58 Å². The summed E-state index contributed by atoms with van der Waals surface area (Å²) in [5, 5.41) is 0. The fourth-order valence-corrected chi connectivity index (χ4v) is 1.33. The van der Waals surface area contributed by atoms with Gasteiger partial charge < -0.3 is 4.74 Å². The third-order valence-corrected chi connectivity index (χ3v) is 2.36. The first kappa shape index (κ1) is 12.8. The van der Waals surface area contributed by atoms with E-state index in [1.807, 2.05) is 19.1 Å². The monoisotopic (exact) mass is 238 g/mol. The number of allylic oxidation sites excluding steroid dienone is 1. The summed E-state index contributed by atoms with van der Waals surface area (Å²) in [4.78, 5) is 11.3. The molecule has 1 aromatic carbocycles.